The molecule has 0 saturated carbocycles. The van der Waals surface area contributed by atoms with E-state index in [0.717, 1.165) is 5.75 Å². The Bertz CT molecular complexity index is 778. The molecule has 3 aromatic rings. The van der Waals surface area contributed by atoms with Crippen molar-refractivity contribution < 1.29 is 13.9 Å². The summed E-state index contributed by atoms with van der Waals surface area (Å²) in [6, 6.07) is 14.5. The molecule has 5 nitrogen and oxygen atoms in total. The van der Waals surface area contributed by atoms with Crippen LogP contribution in [0, 0.1) is 0 Å². The summed E-state index contributed by atoms with van der Waals surface area (Å²) >= 11 is 12.0. The molecule has 1 heterocycles. The molecule has 23 heavy (non-hydrogen) atoms. The SMILES string of the molecule is Clc1cccc(OCc2nnc(COc3ccccc3)o2)c1Cl. The van der Waals surface area contributed by atoms with Gasteiger partial charge in [-0.2, -0.15) is 0 Å². The van der Waals surface area contributed by atoms with Crippen LogP contribution >= 0.6 is 23.2 Å². The molecule has 0 aliphatic heterocycles. The van der Waals surface area contributed by atoms with E-state index in [4.69, 9.17) is 37.1 Å². The monoisotopic (exact) mass is 350 g/mol. The van der Waals surface area contributed by atoms with Crippen molar-refractivity contribution in [2.45, 2.75) is 13.2 Å². The Hall–Kier alpha value is -2.24. The number of benzene rings is 2. The molecule has 0 radical (unpaired) electrons. The molecule has 0 aliphatic rings. The van der Waals surface area contributed by atoms with Gasteiger partial charge >= 0.3 is 0 Å². The number of hydrogen-bond donors (Lipinski definition) is 0. The third-order valence-corrected chi connectivity index (χ3v) is 3.68. The first-order chi connectivity index (χ1) is 11.2. The number of halogens is 2. The van der Waals surface area contributed by atoms with Gasteiger partial charge < -0.3 is 13.9 Å². The number of ether oxygens (including phenoxy) is 2. The van der Waals surface area contributed by atoms with Crippen LogP contribution in [0.25, 0.3) is 0 Å². The summed E-state index contributed by atoms with van der Waals surface area (Å²) in [6.45, 7) is 0.285. The number of rotatable bonds is 6. The lowest BCUT2D eigenvalue weighted by Gasteiger charge is -2.06. The molecule has 0 atom stereocenters. The second-order valence-corrected chi connectivity index (χ2v) is 5.32. The first-order valence-electron chi connectivity index (χ1n) is 6.78. The van der Waals surface area contributed by atoms with E-state index in [1.54, 1.807) is 18.2 Å². The lowest BCUT2D eigenvalue weighted by Crippen LogP contribution is -1.96. The van der Waals surface area contributed by atoms with Crippen molar-refractivity contribution in [2.24, 2.45) is 0 Å². The first-order valence-corrected chi connectivity index (χ1v) is 7.54. The van der Waals surface area contributed by atoms with Crippen molar-refractivity contribution in [3.63, 3.8) is 0 Å². The molecule has 0 fully saturated rings. The van der Waals surface area contributed by atoms with Gasteiger partial charge in [0.05, 0.1) is 5.02 Å². The van der Waals surface area contributed by atoms with Gasteiger partial charge in [0.15, 0.2) is 13.2 Å². The summed E-state index contributed by atoms with van der Waals surface area (Å²) in [5.41, 5.74) is 0. The standard InChI is InChI=1S/C16H12Cl2N2O3/c17-12-7-4-8-13(16(12)18)22-10-15-20-19-14(23-15)9-21-11-5-2-1-3-6-11/h1-8H,9-10H2. The molecule has 0 unspecified atom stereocenters. The van der Waals surface area contributed by atoms with Crippen LogP contribution in [0.1, 0.15) is 11.8 Å². The minimum absolute atomic E-state index is 0.0956. The average molecular weight is 351 g/mol. The number of aromatic nitrogens is 2. The van der Waals surface area contributed by atoms with Gasteiger partial charge in [0, 0.05) is 0 Å². The Morgan fingerprint density at radius 3 is 2.26 bits per heavy atom. The van der Waals surface area contributed by atoms with Crippen molar-refractivity contribution in [1.29, 1.82) is 0 Å². The summed E-state index contributed by atoms with van der Waals surface area (Å²) in [6.07, 6.45) is 0. The van der Waals surface area contributed by atoms with Crippen molar-refractivity contribution >= 4 is 23.2 Å². The van der Waals surface area contributed by atoms with Crippen molar-refractivity contribution in [2.75, 3.05) is 0 Å². The van der Waals surface area contributed by atoms with Gasteiger partial charge in [-0.1, -0.05) is 47.5 Å². The predicted octanol–water partition coefficient (Wildman–Crippen LogP) is 4.53. The van der Waals surface area contributed by atoms with Crippen LogP contribution in [-0.4, -0.2) is 10.2 Å². The molecule has 3 rings (SSSR count). The van der Waals surface area contributed by atoms with E-state index in [0.29, 0.717) is 27.6 Å². The van der Waals surface area contributed by atoms with Crippen LogP contribution in [0.4, 0.5) is 0 Å². The van der Waals surface area contributed by atoms with Gasteiger partial charge in [-0.05, 0) is 24.3 Å². The molecule has 118 valence electrons. The number of nitrogens with zero attached hydrogens (tertiary/aromatic N) is 2. The van der Waals surface area contributed by atoms with E-state index < -0.39 is 0 Å². The number of para-hydroxylation sites is 1. The summed E-state index contributed by atoms with van der Waals surface area (Å²) in [5, 5.41) is 8.57. The number of hydrogen-bond acceptors (Lipinski definition) is 5. The quantitative estimate of drug-likeness (QED) is 0.653. The summed E-state index contributed by atoms with van der Waals surface area (Å²) in [7, 11) is 0. The second kappa shape index (κ2) is 7.35. The van der Waals surface area contributed by atoms with E-state index in [2.05, 4.69) is 10.2 Å². The van der Waals surface area contributed by atoms with Crippen molar-refractivity contribution in [3.8, 4) is 11.5 Å². The molecule has 7 heteroatoms. The van der Waals surface area contributed by atoms with Crippen LogP contribution in [-0.2, 0) is 13.2 Å². The van der Waals surface area contributed by atoms with Gasteiger partial charge in [0.25, 0.3) is 11.8 Å². The largest absolute Gasteiger partial charge is 0.484 e. The van der Waals surface area contributed by atoms with Crippen molar-refractivity contribution in [1.82, 2.24) is 10.2 Å². The highest BCUT2D eigenvalue weighted by Crippen LogP contribution is 2.31. The van der Waals surface area contributed by atoms with Crippen LogP contribution < -0.4 is 9.47 Å². The molecule has 0 amide bonds. The van der Waals surface area contributed by atoms with Gasteiger partial charge in [-0.25, -0.2) is 0 Å². The van der Waals surface area contributed by atoms with Gasteiger partial charge in [-0.15, -0.1) is 10.2 Å². The van der Waals surface area contributed by atoms with Gasteiger partial charge in [-0.3, -0.25) is 0 Å². The third-order valence-electron chi connectivity index (χ3n) is 2.88. The molecule has 1 aromatic heterocycles. The Balaban J connectivity index is 1.56. The maximum absolute atomic E-state index is 6.04. The Kier molecular flexibility index (Phi) is 5.00. The van der Waals surface area contributed by atoms with E-state index >= 15 is 0 Å². The zero-order chi connectivity index (χ0) is 16.1. The maximum atomic E-state index is 6.04. The highest BCUT2D eigenvalue weighted by atomic mass is 35.5. The Morgan fingerprint density at radius 2 is 1.52 bits per heavy atom. The van der Waals surface area contributed by atoms with Crippen molar-refractivity contribution in [3.05, 3.63) is 70.4 Å². The highest BCUT2D eigenvalue weighted by molar-refractivity contribution is 6.42. The molecule has 0 bridgehead atoms. The first kappa shape index (κ1) is 15.6. The van der Waals surface area contributed by atoms with E-state index in [9.17, 15) is 0 Å². The molecule has 0 spiro atoms. The van der Waals surface area contributed by atoms with Gasteiger partial charge in [0.1, 0.15) is 16.5 Å². The van der Waals surface area contributed by atoms with Crippen LogP contribution in [0.3, 0.4) is 0 Å². The van der Waals surface area contributed by atoms with E-state index in [1.807, 2.05) is 30.3 Å². The molecule has 2 aromatic carbocycles. The Labute approximate surface area is 142 Å². The Morgan fingerprint density at radius 1 is 0.826 bits per heavy atom. The normalized spacial score (nSPS) is 10.5. The topological polar surface area (TPSA) is 57.4 Å². The minimum atomic E-state index is 0.0956. The van der Waals surface area contributed by atoms with Crippen LogP contribution in [0.15, 0.2) is 52.9 Å². The molecular weight excluding hydrogens is 339 g/mol. The molecule has 0 aliphatic carbocycles. The van der Waals surface area contributed by atoms with Crippen LogP contribution in [0.5, 0.6) is 11.5 Å². The predicted molar refractivity (Wildman–Crippen MR) is 85.9 cm³/mol. The summed E-state index contributed by atoms with van der Waals surface area (Å²) in [4.78, 5) is 0. The molecule has 0 N–H and O–H groups in total. The minimum Gasteiger partial charge on any atom is -0.484 e. The fourth-order valence-corrected chi connectivity index (χ4v) is 2.15. The smallest absolute Gasteiger partial charge is 0.254 e. The molecular formula is C16H12Cl2N2O3. The lowest BCUT2D eigenvalue weighted by atomic mass is 10.3. The molecule has 0 saturated heterocycles. The second-order valence-electron chi connectivity index (χ2n) is 4.53. The van der Waals surface area contributed by atoms with Crippen LogP contribution in [0.2, 0.25) is 10.0 Å². The van der Waals surface area contributed by atoms with E-state index in [-0.39, 0.29) is 13.2 Å². The van der Waals surface area contributed by atoms with E-state index in [1.165, 1.54) is 0 Å². The zero-order valence-corrected chi connectivity index (χ0v) is 13.4. The summed E-state index contributed by atoms with van der Waals surface area (Å²) < 4.78 is 16.5. The fraction of sp³-hybridized carbons (Fsp3) is 0.125. The highest BCUT2D eigenvalue weighted by Gasteiger charge is 2.10. The summed E-state index contributed by atoms with van der Waals surface area (Å²) in [5.74, 6) is 1.88. The third kappa shape index (κ3) is 4.15. The maximum Gasteiger partial charge on any atom is 0.254 e. The average Bonchev–Trinajstić information content (AvgIpc) is 3.03. The fourth-order valence-electron chi connectivity index (χ4n) is 1.80. The zero-order valence-electron chi connectivity index (χ0n) is 11.9. The van der Waals surface area contributed by atoms with Gasteiger partial charge in [0.2, 0.25) is 0 Å². The lowest BCUT2D eigenvalue weighted by molar-refractivity contribution is 0.232.